The molecule has 2 heterocycles. The van der Waals surface area contributed by atoms with Gasteiger partial charge in [-0.2, -0.15) is 0 Å². The molecule has 14 heavy (non-hydrogen) atoms. The zero-order chi connectivity index (χ0) is 9.97. The predicted molar refractivity (Wildman–Crippen MR) is 66.2 cm³/mol. The first-order chi connectivity index (χ1) is 6.75. The number of hydrogen-bond donors (Lipinski definition) is 0. The molecule has 0 saturated carbocycles. The molecule has 0 saturated heterocycles. The summed E-state index contributed by atoms with van der Waals surface area (Å²) in [6.45, 7) is 1.97. The van der Waals surface area contributed by atoms with Crippen LogP contribution in [0.1, 0.15) is 9.88 Å². The first-order valence-electron chi connectivity index (χ1n) is 3.90. The van der Waals surface area contributed by atoms with Gasteiger partial charge in [0.25, 0.3) is 0 Å². The highest BCUT2D eigenvalue weighted by molar-refractivity contribution is 9.10. The maximum absolute atomic E-state index is 4.07. The van der Waals surface area contributed by atoms with E-state index in [1.807, 2.05) is 6.92 Å². The summed E-state index contributed by atoms with van der Waals surface area (Å²) in [6, 6.07) is 2.08. The maximum Gasteiger partial charge on any atom is 0.174 e. The SMILES string of the molecule is Cc1nnc(SCc2sccc2Br)s1. The van der Waals surface area contributed by atoms with Crippen LogP contribution in [0.15, 0.2) is 20.3 Å². The second kappa shape index (κ2) is 4.74. The van der Waals surface area contributed by atoms with Crippen molar-refractivity contribution in [2.75, 3.05) is 0 Å². The van der Waals surface area contributed by atoms with Crippen LogP contribution in [-0.2, 0) is 5.75 Å². The van der Waals surface area contributed by atoms with Gasteiger partial charge in [-0.05, 0) is 34.3 Å². The molecule has 0 aliphatic rings. The van der Waals surface area contributed by atoms with Gasteiger partial charge in [-0.15, -0.1) is 21.5 Å². The zero-order valence-electron chi connectivity index (χ0n) is 7.36. The molecule has 2 nitrogen and oxygen atoms in total. The zero-order valence-corrected chi connectivity index (χ0v) is 11.4. The van der Waals surface area contributed by atoms with Gasteiger partial charge in [-0.3, -0.25) is 0 Å². The molecule has 0 fully saturated rings. The van der Waals surface area contributed by atoms with Gasteiger partial charge in [-0.25, -0.2) is 0 Å². The van der Waals surface area contributed by atoms with E-state index in [9.17, 15) is 0 Å². The fourth-order valence-electron chi connectivity index (χ4n) is 0.892. The monoisotopic (exact) mass is 306 g/mol. The van der Waals surface area contributed by atoms with Crippen LogP contribution in [0, 0.1) is 6.92 Å². The molecular formula is C8H7BrN2S3. The van der Waals surface area contributed by atoms with Crippen molar-refractivity contribution in [2.24, 2.45) is 0 Å². The van der Waals surface area contributed by atoms with Gasteiger partial charge in [0.2, 0.25) is 0 Å². The van der Waals surface area contributed by atoms with Crippen LogP contribution in [0.4, 0.5) is 0 Å². The highest BCUT2D eigenvalue weighted by Crippen LogP contribution is 2.31. The van der Waals surface area contributed by atoms with E-state index in [1.54, 1.807) is 34.4 Å². The third kappa shape index (κ3) is 2.56. The van der Waals surface area contributed by atoms with Crippen LogP contribution in [0.3, 0.4) is 0 Å². The van der Waals surface area contributed by atoms with E-state index >= 15 is 0 Å². The summed E-state index contributed by atoms with van der Waals surface area (Å²) in [5, 5.41) is 11.2. The smallest absolute Gasteiger partial charge is 0.147 e. The lowest BCUT2D eigenvalue weighted by Crippen LogP contribution is -1.75. The van der Waals surface area contributed by atoms with Crippen LogP contribution in [-0.4, -0.2) is 10.2 Å². The quantitative estimate of drug-likeness (QED) is 0.803. The Kier molecular flexibility index (Phi) is 3.59. The fourth-order valence-corrected chi connectivity index (χ4v) is 4.50. The van der Waals surface area contributed by atoms with Crippen LogP contribution < -0.4 is 0 Å². The highest BCUT2D eigenvalue weighted by Gasteiger charge is 2.05. The molecule has 0 N–H and O–H groups in total. The minimum absolute atomic E-state index is 0.965. The second-order valence-electron chi connectivity index (χ2n) is 2.57. The molecule has 0 unspecified atom stereocenters. The van der Waals surface area contributed by atoms with E-state index in [1.165, 1.54) is 9.35 Å². The first-order valence-corrected chi connectivity index (χ1v) is 7.38. The van der Waals surface area contributed by atoms with Crippen molar-refractivity contribution in [3.63, 3.8) is 0 Å². The van der Waals surface area contributed by atoms with E-state index in [4.69, 9.17) is 0 Å². The molecule has 0 amide bonds. The Morgan fingerprint density at radius 3 is 2.93 bits per heavy atom. The third-order valence-electron chi connectivity index (χ3n) is 1.53. The average Bonchev–Trinajstić information content (AvgIpc) is 2.72. The van der Waals surface area contributed by atoms with Gasteiger partial charge in [0.15, 0.2) is 4.34 Å². The van der Waals surface area contributed by atoms with E-state index in [0.717, 1.165) is 15.1 Å². The van der Waals surface area contributed by atoms with Crippen molar-refractivity contribution >= 4 is 50.4 Å². The van der Waals surface area contributed by atoms with Crippen molar-refractivity contribution in [1.82, 2.24) is 10.2 Å². The molecule has 0 bridgehead atoms. The summed E-state index contributed by atoms with van der Waals surface area (Å²) in [4.78, 5) is 1.35. The average molecular weight is 307 g/mol. The van der Waals surface area contributed by atoms with Crippen LogP contribution in [0.2, 0.25) is 0 Å². The number of aryl methyl sites for hydroxylation is 1. The van der Waals surface area contributed by atoms with Crippen molar-refractivity contribution in [2.45, 2.75) is 17.0 Å². The van der Waals surface area contributed by atoms with Crippen molar-refractivity contribution < 1.29 is 0 Å². The minimum Gasteiger partial charge on any atom is -0.147 e. The van der Waals surface area contributed by atoms with Crippen LogP contribution in [0.25, 0.3) is 0 Å². The highest BCUT2D eigenvalue weighted by atomic mass is 79.9. The molecule has 0 aliphatic heterocycles. The normalized spacial score (nSPS) is 10.7. The Labute approximate surface area is 103 Å². The summed E-state index contributed by atoms with van der Waals surface area (Å²) in [5.74, 6) is 0.965. The summed E-state index contributed by atoms with van der Waals surface area (Å²) in [6.07, 6.45) is 0. The van der Waals surface area contributed by atoms with Crippen molar-refractivity contribution in [1.29, 1.82) is 0 Å². The molecule has 6 heteroatoms. The van der Waals surface area contributed by atoms with E-state index in [0.29, 0.717) is 0 Å². The van der Waals surface area contributed by atoms with Gasteiger partial charge in [0.1, 0.15) is 5.01 Å². The number of thiophene rings is 1. The molecular weight excluding hydrogens is 300 g/mol. The van der Waals surface area contributed by atoms with E-state index < -0.39 is 0 Å². The van der Waals surface area contributed by atoms with Crippen LogP contribution in [0.5, 0.6) is 0 Å². The Bertz CT molecular complexity index is 424. The van der Waals surface area contributed by atoms with Crippen molar-refractivity contribution in [3.05, 3.63) is 25.8 Å². The number of halogens is 1. The van der Waals surface area contributed by atoms with E-state index in [-0.39, 0.29) is 0 Å². The van der Waals surface area contributed by atoms with Crippen molar-refractivity contribution in [3.8, 4) is 0 Å². The minimum atomic E-state index is 0.965. The maximum atomic E-state index is 4.07. The number of hydrogen-bond acceptors (Lipinski definition) is 5. The third-order valence-corrected chi connectivity index (χ3v) is 5.63. The topological polar surface area (TPSA) is 25.8 Å². The van der Waals surface area contributed by atoms with Gasteiger partial charge in [0.05, 0.1) is 0 Å². The molecule has 0 atom stereocenters. The summed E-state index contributed by atoms with van der Waals surface area (Å²) in [5.41, 5.74) is 0. The van der Waals surface area contributed by atoms with E-state index in [2.05, 4.69) is 37.6 Å². The van der Waals surface area contributed by atoms with Gasteiger partial charge in [-0.1, -0.05) is 23.1 Å². The number of thioether (sulfide) groups is 1. The number of rotatable bonds is 3. The molecule has 2 aromatic rings. The molecule has 2 aromatic heterocycles. The molecule has 0 radical (unpaired) electrons. The summed E-state index contributed by atoms with van der Waals surface area (Å²) < 4.78 is 2.24. The fraction of sp³-hybridized carbons (Fsp3) is 0.250. The Morgan fingerprint density at radius 2 is 2.36 bits per heavy atom. The Balaban J connectivity index is 1.98. The molecule has 0 aromatic carbocycles. The van der Waals surface area contributed by atoms with Gasteiger partial charge >= 0.3 is 0 Å². The van der Waals surface area contributed by atoms with Crippen LogP contribution >= 0.6 is 50.4 Å². The molecule has 0 spiro atoms. The predicted octanol–water partition coefficient (Wildman–Crippen LogP) is 3.96. The summed E-state index contributed by atoms with van der Waals surface area (Å²) in [7, 11) is 0. The second-order valence-corrected chi connectivity index (χ2v) is 6.83. The molecule has 0 aliphatic carbocycles. The summed E-state index contributed by atoms with van der Waals surface area (Å²) >= 11 is 8.66. The Morgan fingerprint density at radius 1 is 1.50 bits per heavy atom. The first kappa shape index (κ1) is 10.6. The number of aromatic nitrogens is 2. The van der Waals surface area contributed by atoms with Gasteiger partial charge < -0.3 is 0 Å². The largest absolute Gasteiger partial charge is 0.174 e. The number of nitrogens with zero attached hydrogens (tertiary/aromatic N) is 2. The lowest BCUT2D eigenvalue weighted by atomic mass is 10.5. The van der Waals surface area contributed by atoms with Gasteiger partial charge in [0, 0.05) is 15.1 Å². The standard InChI is InChI=1S/C8H7BrN2S3/c1-5-10-11-8(14-5)13-4-7-6(9)2-3-12-7/h2-3H,4H2,1H3. The lowest BCUT2D eigenvalue weighted by Gasteiger charge is -1.94. The molecule has 74 valence electrons. The lowest BCUT2D eigenvalue weighted by molar-refractivity contribution is 0.984. The molecule has 2 rings (SSSR count). The Hall–Kier alpha value is 0.0900.